The Kier molecular flexibility index (Phi) is 5.57. The number of halogens is 4. The molecule has 0 fully saturated rings. The van der Waals surface area contributed by atoms with Gasteiger partial charge in [-0.2, -0.15) is 10.2 Å². The standard InChI is InChI=1S/C15H11Cl3IN5O/c1-23-7-12(19)13(21-23)15(25)20-14-11(18)6-24(22-14)5-8-2-3-9(16)4-10(8)17/h2-4,6-7H,5H2,1H3,(H,20,22,25). The van der Waals surface area contributed by atoms with Gasteiger partial charge in [-0.15, -0.1) is 0 Å². The summed E-state index contributed by atoms with van der Waals surface area (Å²) in [4.78, 5) is 12.3. The minimum absolute atomic E-state index is 0.262. The summed E-state index contributed by atoms with van der Waals surface area (Å²) in [6.45, 7) is 0.396. The number of rotatable bonds is 4. The van der Waals surface area contributed by atoms with Gasteiger partial charge >= 0.3 is 0 Å². The van der Waals surface area contributed by atoms with E-state index < -0.39 is 0 Å². The highest BCUT2D eigenvalue weighted by Gasteiger charge is 2.18. The fourth-order valence-corrected chi connectivity index (χ4v) is 3.59. The predicted octanol–water partition coefficient (Wildman–Crippen LogP) is 4.48. The quantitative estimate of drug-likeness (QED) is 0.527. The van der Waals surface area contributed by atoms with E-state index in [2.05, 4.69) is 15.5 Å². The van der Waals surface area contributed by atoms with Crippen molar-refractivity contribution in [3.63, 3.8) is 0 Å². The van der Waals surface area contributed by atoms with E-state index in [1.165, 1.54) is 0 Å². The molecule has 3 aromatic rings. The lowest BCUT2D eigenvalue weighted by Crippen LogP contribution is -2.15. The van der Waals surface area contributed by atoms with Crippen molar-refractivity contribution < 1.29 is 4.79 Å². The van der Waals surface area contributed by atoms with Crippen molar-refractivity contribution in [1.29, 1.82) is 0 Å². The SMILES string of the molecule is Cn1cc(I)c(C(=O)Nc2nn(Cc3ccc(Cl)cc3Cl)cc2Cl)n1. The highest BCUT2D eigenvalue weighted by atomic mass is 127. The summed E-state index contributed by atoms with van der Waals surface area (Å²) in [5.41, 5.74) is 1.15. The monoisotopic (exact) mass is 509 g/mol. The van der Waals surface area contributed by atoms with Crippen LogP contribution in [0.15, 0.2) is 30.6 Å². The minimum atomic E-state index is -0.373. The molecule has 2 heterocycles. The second-order valence-corrected chi connectivity index (χ2v) is 7.63. The molecule has 0 aliphatic heterocycles. The van der Waals surface area contributed by atoms with Crippen LogP contribution in [0.3, 0.4) is 0 Å². The zero-order chi connectivity index (χ0) is 18.1. The van der Waals surface area contributed by atoms with Crippen LogP contribution in [0.4, 0.5) is 5.82 Å². The average molecular weight is 511 g/mol. The number of anilines is 1. The van der Waals surface area contributed by atoms with E-state index in [4.69, 9.17) is 34.8 Å². The normalized spacial score (nSPS) is 10.9. The molecule has 1 amide bonds. The molecule has 2 aromatic heterocycles. The van der Waals surface area contributed by atoms with E-state index in [9.17, 15) is 4.79 Å². The highest BCUT2D eigenvalue weighted by molar-refractivity contribution is 14.1. The molecule has 1 aromatic carbocycles. The number of hydrogen-bond acceptors (Lipinski definition) is 3. The molecule has 0 aliphatic carbocycles. The van der Waals surface area contributed by atoms with Gasteiger partial charge in [0.1, 0.15) is 5.02 Å². The summed E-state index contributed by atoms with van der Waals surface area (Å²) in [5.74, 6) is -0.111. The molecule has 130 valence electrons. The third-order valence-electron chi connectivity index (χ3n) is 3.30. The molecule has 0 radical (unpaired) electrons. The molecule has 1 N–H and O–H groups in total. The van der Waals surface area contributed by atoms with Gasteiger partial charge in [0.2, 0.25) is 0 Å². The van der Waals surface area contributed by atoms with E-state index >= 15 is 0 Å². The van der Waals surface area contributed by atoms with Gasteiger partial charge in [-0.05, 0) is 40.3 Å². The van der Waals surface area contributed by atoms with E-state index in [1.807, 2.05) is 28.7 Å². The van der Waals surface area contributed by atoms with Crippen molar-refractivity contribution in [2.45, 2.75) is 6.54 Å². The maximum atomic E-state index is 12.3. The molecular formula is C15H11Cl3IN5O. The van der Waals surface area contributed by atoms with Gasteiger partial charge in [0, 0.05) is 29.5 Å². The first-order chi connectivity index (χ1) is 11.8. The van der Waals surface area contributed by atoms with Crippen LogP contribution in [-0.2, 0) is 13.6 Å². The van der Waals surface area contributed by atoms with E-state index in [-0.39, 0.29) is 11.7 Å². The van der Waals surface area contributed by atoms with Gasteiger partial charge in [-0.25, -0.2) is 0 Å². The fourth-order valence-electron chi connectivity index (χ4n) is 2.17. The Morgan fingerprint density at radius 1 is 1.20 bits per heavy atom. The lowest BCUT2D eigenvalue weighted by Gasteiger charge is -2.05. The van der Waals surface area contributed by atoms with Crippen LogP contribution in [0.5, 0.6) is 0 Å². The first kappa shape index (κ1) is 18.5. The molecule has 25 heavy (non-hydrogen) atoms. The maximum absolute atomic E-state index is 12.3. The zero-order valence-electron chi connectivity index (χ0n) is 12.8. The van der Waals surface area contributed by atoms with Crippen molar-refractivity contribution in [2.75, 3.05) is 5.32 Å². The van der Waals surface area contributed by atoms with E-state index in [1.54, 1.807) is 40.9 Å². The Balaban J connectivity index is 1.78. The molecule has 10 heteroatoms. The fraction of sp³-hybridized carbons (Fsp3) is 0.133. The molecule has 0 saturated carbocycles. The molecule has 0 aliphatic rings. The number of amides is 1. The van der Waals surface area contributed by atoms with E-state index in [0.29, 0.717) is 27.3 Å². The summed E-state index contributed by atoms with van der Waals surface area (Å²) in [6, 6.07) is 5.23. The second kappa shape index (κ2) is 7.53. The highest BCUT2D eigenvalue weighted by Crippen LogP contribution is 2.24. The van der Waals surface area contributed by atoms with Crippen LogP contribution < -0.4 is 5.32 Å². The average Bonchev–Trinajstić information content (AvgIpc) is 3.04. The van der Waals surface area contributed by atoms with Crippen LogP contribution in [0, 0.1) is 3.57 Å². The molecule has 0 unspecified atom stereocenters. The summed E-state index contributed by atoms with van der Waals surface area (Å²) >= 11 is 20.3. The summed E-state index contributed by atoms with van der Waals surface area (Å²) < 4.78 is 3.90. The summed E-state index contributed by atoms with van der Waals surface area (Å²) in [6.07, 6.45) is 3.36. The van der Waals surface area contributed by atoms with Crippen LogP contribution in [0.1, 0.15) is 16.1 Å². The van der Waals surface area contributed by atoms with Crippen LogP contribution >= 0.6 is 57.4 Å². The largest absolute Gasteiger partial charge is 0.302 e. The van der Waals surface area contributed by atoms with Gasteiger partial charge in [0.05, 0.1) is 10.1 Å². The van der Waals surface area contributed by atoms with Gasteiger partial charge in [-0.3, -0.25) is 14.2 Å². The molecular weight excluding hydrogens is 499 g/mol. The number of benzene rings is 1. The molecule has 3 rings (SSSR count). The first-order valence-corrected chi connectivity index (χ1v) is 9.22. The minimum Gasteiger partial charge on any atom is -0.302 e. The lowest BCUT2D eigenvalue weighted by atomic mass is 10.2. The van der Waals surface area contributed by atoms with E-state index in [0.717, 1.165) is 9.13 Å². The van der Waals surface area contributed by atoms with Crippen LogP contribution in [0.25, 0.3) is 0 Å². The number of nitrogens with zero attached hydrogens (tertiary/aromatic N) is 4. The summed E-state index contributed by atoms with van der Waals surface area (Å²) in [5, 5.41) is 12.5. The number of hydrogen-bond donors (Lipinski definition) is 1. The van der Waals surface area contributed by atoms with Crippen molar-refractivity contribution in [3.8, 4) is 0 Å². The maximum Gasteiger partial charge on any atom is 0.278 e. The number of carbonyl (C=O) groups excluding carboxylic acids is 1. The Hall–Kier alpha value is -1.29. The smallest absolute Gasteiger partial charge is 0.278 e. The number of aryl methyl sites for hydroxylation is 1. The Bertz CT molecular complexity index is 953. The second-order valence-electron chi connectivity index (χ2n) is 5.21. The summed E-state index contributed by atoms with van der Waals surface area (Å²) in [7, 11) is 1.75. The Morgan fingerprint density at radius 3 is 2.60 bits per heavy atom. The first-order valence-electron chi connectivity index (χ1n) is 7.01. The van der Waals surface area contributed by atoms with Gasteiger partial charge in [-0.1, -0.05) is 40.9 Å². The van der Waals surface area contributed by atoms with Crippen LogP contribution in [-0.4, -0.2) is 25.5 Å². The lowest BCUT2D eigenvalue weighted by molar-refractivity contribution is 0.102. The third kappa shape index (κ3) is 4.28. The van der Waals surface area contributed by atoms with Crippen molar-refractivity contribution in [1.82, 2.24) is 19.6 Å². The number of nitrogens with one attached hydrogen (secondary N) is 1. The van der Waals surface area contributed by atoms with Crippen molar-refractivity contribution in [2.24, 2.45) is 7.05 Å². The topological polar surface area (TPSA) is 64.7 Å². The molecule has 0 atom stereocenters. The number of carbonyl (C=O) groups is 1. The molecule has 0 saturated heterocycles. The van der Waals surface area contributed by atoms with Crippen LogP contribution in [0.2, 0.25) is 15.1 Å². The zero-order valence-corrected chi connectivity index (χ0v) is 17.2. The van der Waals surface area contributed by atoms with Crippen molar-refractivity contribution in [3.05, 3.63) is 60.5 Å². The Morgan fingerprint density at radius 2 is 1.96 bits per heavy atom. The number of aromatic nitrogens is 4. The van der Waals surface area contributed by atoms with Gasteiger partial charge in [0.15, 0.2) is 11.5 Å². The third-order valence-corrected chi connectivity index (χ3v) is 4.95. The Labute approximate surface area is 172 Å². The molecule has 6 nitrogen and oxygen atoms in total. The molecule has 0 spiro atoms. The molecule has 0 bridgehead atoms. The van der Waals surface area contributed by atoms with Gasteiger partial charge < -0.3 is 5.32 Å². The van der Waals surface area contributed by atoms with Gasteiger partial charge in [0.25, 0.3) is 5.91 Å². The predicted molar refractivity (Wildman–Crippen MR) is 107 cm³/mol. The van der Waals surface area contributed by atoms with Crippen molar-refractivity contribution >= 4 is 69.1 Å².